The lowest BCUT2D eigenvalue weighted by Crippen LogP contribution is -2.48. The third kappa shape index (κ3) is 0.969. The first-order valence-corrected chi connectivity index (χ1v) is 3.18. The van der Waals surface area contributed by atoms with Crippen molar-refractivity contribution in [3.63, 3.8) is 0 Å². The highest BCUT2D eigenvalue weighted by atomic mass is 16.2. The smallest absolute Gasteiger partial charge is 0.246 e. The highest BCUT2D eigenvalue weighted by Gasteiger charge is 2.25. The van der Waals surface area contributed by atoms with E-state index in [1.165, 1.54) is 6.08 Å². The number of likely N-dealkylation sites (tertiary alicyclic amines) is 1. The van der Waals surface area contributed by atoms with Crippen LogP contribution in [0.4, 0.5) is 0 Å². The average Bonchev–Trinajstić information content (AvgIpc) is 1.84. The van der Waals surface area contributed by atoms with Gasteiger partial charge in [0.25, 0.3) is 0 Å². The van der Waals surface area contributed by atoms with Gasteiger partial charge in [0.15, 0.2) is 0 Å². The summed E-state index contributed by atoms with van der Waals surface area (Å²) in [6.45, 7) is 6.36. The fourth-order valence-electron chi connectivity index (χ4n) is 0.961. The number of carbonyl (C=O) groups is 1. The van der Waals surface area contributed by atoms with Crippen LogP contribution in [0, 0.1) is 0 Å². The lowest BCUT2D eigenvalue weighted by atomic mass is 10.1. The normalized spacial score (nSPS) is 25.0. The molecule has 0 bridgehead atoms. The zero-order valence-corrected chi connectivity index (χ0v) is 5.63. The summed E-state index contributed by atoms with van der Waals surface area (Å²) in [5, 5.41) is 0. The second-order valence-electron chi connectivity index (χ2n) is 2.37. The van der Waals surface area contributed by atoms with E-state index in [1.54, 1.807) is 0 Å². The molecule has 2 heteroatoms. The van der Waals surface area contributed by atoms with Crippen LogP contribution in [0.2, 0.25) is 0 Å². The molecule has 0 aromatic heterocycles. The third-order valence-corrected chi connectivity index (χ3v) is 1.78. The molecule has 1 unspecified atom stereocenters. The van der Waals surface area contributed by atoms with E-state index < -0.39 is 0 Å². The highest BCUT2D eigenvalue weighted by Crippen LogP contribution is 2.15. The molecule has 9 heavy (non-hydrogen) atoms. The number of carbonyl (C=O) groups excluding carboxylic acids is 1. The molecule has 1 amide bonds. The Morgan fingerprint density at radius 1 is 1.89 bits per heavy atom. The van der Waals surface area contributed by atoms with Crippen LogP contribution in [0.15, 0.2) is 12.7 Å². The SMILES string of the molecule is C=CC(=O)N1CCC1C. The maximum atomic E-state index is 10.8. The third-order valence-electron chi connectivity index (χ3n) is 1.78. The summed E-state index contributed by atoms with van der Waals surface area (Å²) >= 11 is 0. The molecule has 1 atom stereocenters. The van der Waals surface area contributed by atoms with Gasteiger partial charge < -0.3 is 4.90 Å². The summed E-state index contributed by atoms with van der Waals surface area (Å²) in [5.41, 5.74) is 0. The molecule has 0 aromatic carbocycles. The largest absolute Gasteiger partial charge is 0.336 e. The zero-order chi connectivity index (χ0) is 6.85. The van der Waals surface area contributed by atoms with Crippen LogP contribution in [-0.2, 0) is 4.79 Å². The molecule has 0 aliphatic carbocycles. The van der Waals surface area contributed by atoms with Gasteiger partial charge in [-0.05, 0) is 19.4 Å². The van der Waals surface area contributed by atoms with E-state index in [2.05, 4.69) is 6.58 Å². The van der Waals surface area contributed by atoms with Gasteiger partial charge in [-0.3, -0.25) is 4.79 Å². The summed E-state index contributed by atoms with van der Waals surface area (Å²) < 4.78 is 0. The van der Waals surface area contributed by atoms with E-state index in [9.17, 15) is 4.79 Å². The Hall–Kier alpha value is -0.790. The Morgan fingerprint density at radius 2 is 2.56 bits per heavy atom. The van der Waals surface area contributed by atoms with E-state index in [4.69, 9.17) is 0 Å². The first-order valence-electron chi connectivity index (χ1n) is 3.18. The Labute approximate surface area is 55.2 Å². The Kier molecular flexibility index (Phi) is 1.56. The molecule has 0 saturated carbocycles. The molecule has 1 saturated heterocycles. The Bertz CT molecular complexity index is 142. The minimum absolute atomic E-state index is 0.0637. The number of amides is 1. The molecule has 0 aromatic rings. The molecule has 2 nitrogen and oxygen atoms in total. The summed E-state index contributed by atoms with van der Waals surface area (Å²) in [6.07, 6.45) is 2.51. The first-order chi connectivity index (χ1) is 4.25. The van der Waals surface area contributed by atoms with Gasteiger partial charge in [-0.2, -0.15) is 0 Å². The van der Waals surface area contributed by atoms with Crippen molar-refractivity contribution in [2.45, 2.75) is 19.4 Å². The van der Waals surface area contributed by atoms with Crippen molar-refractivity contribution in [3.05, 3.63) is 12.7 Å². The lowest BCUT2D eigenvalue weighted by molar-refractivity contribution is -0.132. The Morgan fingerprint density at radius 3 is 2.67 bits per heavy atom. The van der Waals surface area contributed by atoms with Crippen molar-refractivity contribution in [1.29, 1.82) is 0 Å². The summed E-state index contributed by atoms with van der Waals surface area (Å²) in [5.74, 6) is 0.0637. The second kappa shape index (κ2) is 2.21. The molecule has 0 N–H and O–H groups in total. The van der Waals surface area contributed by atoms with Gasteiger partial charge in [0.2, 0.25) is 5.91 Å². The van der Waals surface area contributed by atoms with Gasteiger partial charge in [-0.15, -0.1) is 0 Å². The van der Waals surface area contributed by atoms with Gasteiger partial charge in [0.05, 0.1) is 0 Å². The monoisotopic (exact) mass is 125 g/mol. The number of rotatable bonds is 1. The van der Waals surface area contributed by atoms with Crippen molar-refractivity contribution < 1.29 is 4.79 Å². The molecule has 50 valence electrons. The van der Waals surface area contributed by atoms with E-state index in [0.717, 1.165) is 13.0 Å². The summed E-state index contributed by atoms with van der Waals surface area (Å²) in [4.78, 5) is 12.6. The van der Waals surface area contributed by atoms with Crippen LogP contribution < -0.4 is 0 Å². The minimum atomic E-state index is 0.0637. The molecule has 1 fully saturated rings. The van der Waals surface area contributed by atoms with Crippen LogP contribution in [0.5, 0.6) is 0 Å². The predicted molar refractivity (Wildman–Crippen MR) is 36.0 cm³/mol. The standard InChI is InChI=1S/C7H11NO/c1-3-7(9)8-5-4-6(8)2/h3,6H,1,4-5H2,2H3. The number of nitrogens with zero attached hydrogens (tertiary/aromatic N) is 1. The molecule has 1 aliphatic heterocycles. The van der Waals surface area contributed by atoms with Crippen molar-refractivity contribution in [1.82, 2.24) is 4.90 Å². The summed E-state index contributed by atoms with van der Waals surface area (Å²) in [6, 6.07) is 0.440. The molecule has 0 radical (unpaired) electrons. The van der Waals surface area contributed by atoms with Crippen LogP contribution in [-0.4, -0.2) is 23.4 Å². The van der Waals surface area contributed by atoms with Crippen LogP contribution in [0.1, 0.15) is 13.3 Å². The molecule has 1 rings (SSSR count). The van der Waals surface area contributed by atoms with E-state index in [-0.39, 0.29) is 5.91 Å². The van der Waals surface area contributed by atoms with Crippen LogP contribution >= 0.6 is 0 Å². The van der Waals surface area contributed by atoms with Crippen molar-refractivity contribution >= 4 is 5.91 Å². The van der Waals surface area contributed by atoms with Gasteiger partial charge in [-0.25, -0.2) is 0 Å². The van der Waals surface area contributed by atoms with E-state index in [1.807, 2.05) is 11.8 Å². The molecule has 1 heterocycles. The maximum absolute atomic E-state index is 10.8. The van der Waals surface area contributed by atoms with Gasteiger partial charge in [0.1, 0.15) is 0 Å². The first kappa shape index (κ1) is 6.33. The van der Waals surface area contributed by atoms with E-state index in [0.29, 0.717) is 6.04 Å². The number of hydrogen-bond acceptors (Lipinski definition) is 1. The molecular formula is C7H11NO. The van der Waals surface area contributed by atoms with Crippen molar-refractivity contribution in [2.24, 2.45) is 0 Å². The second-order valence-corrected chi connectivity index (χ2v) is 2.37. The van der Waals surface area contributed by atoms with Gasteiger partial charge in [0, 0.05) is 12.6 Å². The zero-order valence-electron chi connectivity index (χ0n) is 5.63. The fourth-order valence-corrected chi connectivity index (χ4v) is 0.961. The van der Waals surface area contributed by atoms with Crippen LogP contribution in [0.25, 0.3) is 0 Å². The molecular weight excluding hydrogens is 114 g/mol. The molecule has 0 spiro atoms. The quantitative estimate of drug-likeness (QED) is 0.474. The minimum Gasteiger partial charge on any atom is -0.336 e. The van der Waals surface area contributed by atoms with Crippen LogP contribution in [0.3, 0.4) is 0 Å². The Balaban J connectivity index is 2.43. The lowest BCUT2D eigenvalue weighted by Gasteiger charge is -2.37. The maximum Gasteiger partial charge on any atom is 0.246 e. The van der Waals surface area contributed by atoms with Crippen molar-refractivity contribution in [3.8, 4) is 0 Å². The van der Waals surface area contributed by atoms with E-state index >= 15 is 0 Å². The topological polar surface area (TPSA) is 20.3 Å². The number of hydrogen-bond donors (Lipinski definition) is 0. The fraction of sp³-hybridized carbons (Fsp3) is 0.571. The highest BCUT2D eigenvalue weighted by molar-refractivity contribution is 5.87. The van der Waals surface area contributed by atoms with Gasteiger partial charge >= 0.3 is 0 Å². The van der Waals surface area contributed by atoms with Gasteiger partial charge in [-0.1, -0.05) is 6.58 Å². The predicted octanol–water partition coefficient (Wildman–Crippen LogP) is 0.793. The van der Waals surface area contributed by atoms with Crippen molar-refractivity contribution in [2.75, 3.05) is 6.54 Å². The molecule has 1 aliphatic rings. The average molecular weight is 125 g/mol. The summed E-state index contributed by atoms with van der Waals surface area (Å²) in [7, 11) is 0.